The van der Waals surface area contributed by atoms with Crippen LogP contribution in [0.3, 0.4) is 0 Å². The molecule has 0 spiro atoms. The molecule has 0 bridgehead atoms. The topological polar surface area (TPSA) is 29.5 Å². The van der Waals surface area contributed by atoms with Gasteiger partial charge in [0.25, 0.3) is 0 Å². The molecule has 3 atom stereocenters. The van der Waals surface area contributed by atoms with Gasteiger partial charge in [-0.15, -0.1) is 0 Å². The van der Waals surface area contributed by atoms with Crippen LogP contribution in [0, 0.1) is 5.92 Å². The van der Waals surface area contributed by atoms with E-state index >= 15 is 0 Å². The van der Waals surface area contributed by atoms with E-state index in [2.05, 4.69) is 6.92 Å². The van der Waals surface area contributed by atoms with Gasteiger partial charge in [0.1, 0.15) is 5.75 Å². The third-order valence-corrected chi connectivity index (χ3v) is 3.55. The Balaban J connectivity index is 1.94. The SMILES string of the molecule is CC1CCCC(Oc2ccc([C@@H](C)O)cc2)C1. The number of ether oxygens (including phenoxy) is 1. The smallest absolute Gasteiger partial charge is 0.119 e. The van der Waals surface area contributed by atoms with Crippen LogP contribution in [0.4, 0.5) is 0 Å². The van der Waals surface area contributed by atoms with Gasteiger partial charge in [-0.2, -0.15) is 0 Å². The van der Waals surface area contributed by atoms with E-state index in [1.165, 1.54) is 19.3 Å². The van der Waals surface area contributed by atoms with Crippen molar-refractivity contribution in [2.45, 2.75) is 51.7 Å². The van der Waals surface area contributed by atoms with Gasteiger partial charge in [-0.25, -0.2) is 0 Å². The molecule has 1 fully saturated rings. The highest BCUT2D eigenvalue weighted by atomic mass is 16.5. The molecule has 0 saturated heterocycles. The summed E-state index contributed by atoms with van der Waals surface area (Å²) in [6.45, 7) is 4.07. The van der Waals surface area contributed by atoms with Gasteiger partial charge in [0, 0.05) is 0 Å². The summed E-state index contributed by atoms with van der Waals surface area (Å²) in [7, 11) is 0. The molecule has 0 heterocycles. The Labute approximate surface area is 104 Å². The predicted molar refractivity (Wildman–Crippen MR) is 69.1 cm³/mol. The summed E-state index contributed by atoms with van der Waals surface area (Å²) in [5, 5.41) is 9.43. The minimum absolute atomic E-state index is 0.371. The monoisotopic (exact) mass is 234 g/mol. The number of aliphatic hydroxyl groups excluding tert-OH is 1. The zero-order valence-electron chi connectivity index (χ0n) is 10.7. The molecule has 1 aromatic rings. The van der Waals surface area contributed by atoms with Crippen LogP contribution in [0.25, 0.3) is 0 Å². The van der Waals surface area contributed by atoms with Gasteiger partial charge < -0.3 is 9.84 Å². The van der Waals surface area contributed by atoms with Gasteiger partial charge in [-0.1, -0.05) is 25.5 Å². The van der Waals surface area contributed by atoms with Crippen LogP contribution in [0.1, 0.15) is 51.2 Å². The van der Waals surface area contributed by atoms with Crippen molar-refractivity contribution >= 4 is 0 Å². The Bertz CT molecular complexity index is 342. The first-order chi connectivity index (χ1) is 8.15. The highest BCUT2D eigenvalue weighted by Gasteiger charge is 2.20. The summed E-state index contributed by atoms with van der Waals surface area (Å²) >= 11 is 0. The van der Waals surface area contributed by atoms with Crippen molar-refractivity contribution in [3.05, 3.63) is 29.8 Å². The van der Waals surface area contributed by atoms with E-state index < -0.39 is 6.10 Å². The lowest BCUT2D eigenvalue weighted by Crippen LogP contribution is -2.24. The van der Waals surface area contributed by atoms with E-state index in [9.17, 15) is 5.11 Å². The molecular formula is C15H22O2. The predicted octanol–water partition coefficient (Wildman–Crippen LogP) is 3.70. The molecule has 2 heteroatoms. The van der Waals surface area contributed by atoms with Crippen LogP contribution in [0.15, 0.2) is 24.3 Å². The van der Waals surface area contributed by atoms with Crippen molar-refractivity contribution in [3.8, 4) is 5.75 Å². The Morgan fingerprint density at radius 2 is 1.94 bits per heavy atom. The van der Waals surface area contributed by atoms with E-state index in [0.29, 0.717) is 6.10 Å². The first-order valence-corrected chi connectivity index (χ1v) is 6.60. The molecule has 1 N–H and O–H groups in total. The van der Waals surface area contributed by atoms with Gasteiger partial charge >= 0.3 is 0 Å². The second-order valence-electron chi connectivity index (χ2n) is 5.26. The molecule has 1 saturated carbocycles. The Morgan fingerprint density at radius 3 is 2.53 bits per heavy atom. The highest BCUT2D eigenvalue weighted by Crippen LogP contribution is 2.27. The molecule has 1 aromatic carbocycles. The van der Waals surface area contributed by atoms with Crippen molar-refractivity contribution in [2.75, 3.05) is 0 Å². The van der Waals surface area contributed by atoms with E-state index in [4.69, 9.17) is 4.74 Å². The lowest BCUT2D eigenvalue weighted by molar-refractivity contribution is 0.129. The van der Waals surface area contributed by atoms with Crippen molar-refractivity contribution < 1.29 is 9.84 Å². The number of benzene rings is 1. The van der Waals surface area contributed by atoms with Gasteiger partial charge in [-0.3, -0.25) is 0 Å². The molecule has 0 amide bonds. The first kappa shape index (κ1) is 12.4. The fourth-order valence-corrected chi connectivity index (χ4v) is 2.50. The number of rotatable bonds is 3. The third-order valence-electron chi connectivity index (χ3n) is 3.55. The molecule has 94 valence electrons. The normalized spacial score (nSPS) is 26.5. The van der Waals surface area contributed by atoms with Crippen molar-refractivity contribution in [1.82, 2.24) is 0 Å². The van der Waals surface area contributed by atoms with E-state index in [1.54, 1.807) is 6.92 Å². The quantitative estimate of drug-likeness (QED) is 0.864. The highest BCUT2D eigenvalue weighted by molar-refractivity contribution is 5.28. The standard InChI is InChI=1S/C15H22O2/c1-11-4-3-5-15(10-11)17-14-8-6-13(7-9-14)12(2)16/h6-9,11-12,15-16H,3-5,10H2,1-2H3/t11?,12-,15?/m1/s1. The van der Waals surface area contributed by atoms with Crippen LogP contribution in [0.2, 0.25) is 0 Å². The van der Waals surface area contributed by atoms with Crippen molar-refractivity contribution in [2.24, 2.45) is 5.92 Å². The summed E-state index contributed by atoms with van der Waals surface area (Å²) in [5.41, 5.74) is 0.939. The lowest BCUT2D eigenvalue weighted by Gasteiger charge is -2.27. The van der Waals surface area contributed by atoms with Crippen molar-refractivity contribution in [1.29, 1.82) is 0 Å². The van der Waals surface area contributed by atoms with E-state index in [-0.39, 0.29) is 0 Å². The molecule has 0 aromatic heterocycles. The third kappa shape index (κ3) is 3.47. The average molecular weight is 234 g/mol. The van der Waals surface area contributed by atoms with E-state index in [0.717, 1.165) is 23.7 Å². The Kier molecular flexibility index (Phi) is 4.06. The Hall–Kier alpha value is -1.02. The largest absolute Gasteiger partial charge is 0.490 e. The molecule has 2 rings (SSSR count). The fourth-order valence-electron chi connectivity index (χ4n) is 2.50. The summed E-state index contributed by atoms with van der Waals surface area (Å²) in [4.78, 5) is 0. The van der Waals surface area contributed by atoms with Gasteiger partial charge in [-0.05, 0) is 49.8 Å². The van der Waals surface area contributed by atoms with Gasteiger partial charge in [0.05, 0.1) is 12.2 Å². The molecule has 1 aliphatic rings. The number of hydrogen-bond acceptors (Lipinski definition) is 2. The number of aliphatic hydroxyl groups is 1. The van der Waals surface area contributed by atoms with Crippen LogP contribution in [-0.2, 0) is 0 Å². The summed E-state index contributed by atoms with van der Waals surface area (Å²) in [5.74, 6) is 1.71. The first-order valence-electron chi connectivity index (χ1n) is 6.60. The molecule has 1 aliphatic carbocycles. The molecule has 17 heavy (non-hydrogen) atoms. The summed E-state index contributed by atoms with van der Waals surface area (Å²) in [6, 6.07) is 7.79. The average Bonchev–Trinajstić information content (AvgIpc) is 2.29. The minimum atomic E-state index is -0.404. The molecule has 0 aliphatic heterocycles. The molecular weight excluding hydrogens is 212 g/mol. The fraction of sp³-hybridized carbons (Fsp3) is 0.600. The van der Waals surface area contributed by atoms with Gasteiger partial charge in [0.2, 0.25) is 0 Å². The minimum Gasteiger partial charge on any atom is -0.490 e. The zero-order chi connectivity index (χ0) is 12.3. The van der Waals surface area contributed by atoms with Crippen LogP contribution in [-0.4, -0.2) is 11.2 Å². The van der Waals surface area contributed by atoms with Gasteiger partial charge in [0.15, 0.2) is 0 Å². The summed E-state index contributed by atoms with van der Waals surface area (Å²) in [6.07, 6.45) is 4.91. The summed E-state index contributed by atoms with van der Waals surface area (Å²) < 4.78 is 5.98. The second kappa shape index (κ2) is 5.54. The zero-order valence-corrected chi connectivity index (χ0v) is 10.7. The van der Waals surface area contributed by atoms with Crippen molar-refractivity contribution in [3.63, 3.8) is 0 Å². The lowest BCUT2D eigenvalue weighted by atomic mass is 9.89. The molecule has 2 unspecified atom stereocenters. The number of hydrogen-bond donors (Lipinski definition) is 1. The molecule has 2 nitrogen and oxygen atoms in total. The maximum absolute atomic E-state index is 9.43. The van der Waals surface area contributed by atoms with Crippen LogP contribution in [0.5, 0.6) is 5.75 Å². The Morgan fingerprint density at radius 1 is 1.24 bits per heavy atom. The van der Waals surface area contributed by atoms with Crippen LogP contribution >= 0.6 is 0 Å². The maximum Gasteiger partial charge on any atom is 0.119 e. The van der Waals surface area contributed by atoms with E-state index in [1.807, 2.05) is 24.3 Å². The molecule has 0 radical (unpaired) electrons. The maximum atomic E-state index is 9.43. The van der Waals surface area contributed by atoms with Crippen LogP contribution < -0.4 is 4.74 Å². The second-order valence-corrected chi connectivity index (χ2v) is 5.26.